The van der Waals surface area contributed by atoms with E-state index in [0.717, 1.165) is 0 Å². The summed E-state index contributed by atoms with van der Waals surface area (Å²) in [6.45, 7) is 3.87. The van der Waals surface area contributed by atoms with Gasteiger partial charge in [0.15, 0.2) is 5.13 Å². The first kappa shape index (κ1) is 9.38. The number of halogens is 2. The first-order valence-corrected chi connectivity index (χ1v) is 4.47. The minimum Gasteiger partial charge on any atom is -0.359 e. The van der Waals surface area contributed by atoms with Crippen molar-refractivity contribution < 1.29 is 8.78 Å². The maximum atomic E-state index is 12.0. The summed E-state index contributed by atoms with van der Waals surface area (Å²) in [4.78, 5) is 3.71. The van der Waals surface area contributed by atoms with E-state index in [1.54, 1.807) is 0 Å². The van der Waals surface area contributed by atoms with Gasteiger partial charge in [0.1, 0.15) is 5.69 Å². The maximum absolute atomic E-state index is 12.0. The molecule has 5 heteroatoms. The zero-order valence-electron chi connectivity index (χ0n) is 6.84. The number of nitrogens with zero attached hydrogens (tertiary/aromatic N) is 1. The number of alkyl halides is 2. The van der Waals surface area contributed by atoms with Crippen molar-refractivity contribution in [1.29, 1.82) is 0 Å². The first-order valence-electron chi connectivity index (χ1n) is 3.59. The van der Waals surface area contributed by atoms with Crippen LogP contribution in [0.15, 0.2) is 5.38 Å². The molecule has 1 rings (SSSR count). The molecule has 2 nitrogen and oxygen atoms in total. The van der Waals surface area contributed by atoms with Crippen molar-refractivity contribution in [2.75, 3.05) is 5.32 Å². The van der Waals surface area contributed by atoms with Crippen molar-refractivity contribution in [2.24, 2.45) is 0 Å². The molecule has 68 valence electrons. The maximum Gasteiger partial charge on any atom is 0.281 e. The summed E-state index contributed by atoms with van der Waals surface area (Å²) in [7, 11) is 0. The predicted molar refractivity (Wildman–Crippen MR) is 45.8 cm³/mol. The van der Waals surface area contributed by atoms with Gasteiger partial charge in [0.05, 0.1) is 0 Å². The van der Waals surface area contributed by atoms with Gasteiger partial charge in [0.2, 0.25) is 0 Å². The van der Waals surface area contributed by atoms with Crippen LogP contribution in [0.1, 0.15) is 26.0 Å². The Morgan fingerprint density at radius 3 is 2.58 bits per heavy atom. The van der Waals surface area contributed by atoms with Crippen molar-refractivity contribution in [1.82, 2.24) is 4.98 Å². The highest BCUT2D eigenvalue weighted by molar-refractivity contribution is 7.13. The lowest BCUT2D eigenvalue weighted by Gasteiger charge is -2.04. The smallest absolute Gasteiger partial charge is 0.281 e. The van der Waals surface area contributed by atoms with Crippen LogP contribution in [0, 0.1) is 0 Å². The Hall–Kier alpha value is -0.710. The first-order chi connectivity index (χ1) is 5.59. The molecule has 0 aromatic carbocycles. The topological polar surface area (TPSA) is 24.9 Å². The van der Waals surface area contributed by atoms with Crippen LogP contribution in [-0.4, -0.2) is 11.0 Å². The molecule has 1 heterocycles. The van der Waals surface area contributed by atoms with Crippen LogP contribution in [0.3, 0.4) is 0 Å². The van der Waals surface area contributed by atoms with Crippen LogP contribution in [0.4, 0.5) is 13.9 Å². The van der Waals surface area contributed by atoms with E-state index < -0.39 is 6.43 Å². The molecule has 0 aliphatic carbocycles. The molecule has 1 aromatic rings. The fraction of sp³-hybridized carbons (Fsp3) is 0.571. The lowest BCUT2D eigenvalue weighted by Crippen LogP contribution is -2.09. The van der Waals surface area contributed by atoms with E-state index in [1.807, 2.05) is 13.8 Å². The van der Waals surface area contributed by atoms with E-state index in [1.165, 1.54) is 16.7 Å². The third kappa shape index (κ3) is 2.41. The van der Waals surface area contributed by atoms with Crippen LogP contribution in [0.25, 0.3) is 0 Å². The second kappa shape index (κ2) is 3.80. The van der Waals surface area contributed by atoms with Crippen LogP contribution < -0.4 is 5.32 Å². The highest BCUT2D eigenvalue weighted by Gasteiger charge is 2.11. The van der Waals surface area contributed by atoms with Gasteiger partial charge in [0, 0.05) is 11.4 Å². The van der Waals surface area contributed by atoms with Gasteiger partial charge in [-0.2, -0.15) is 0 Å². The quantitative estimate of drug-likeness (QED) is 0.796. The van der Waals surface area contributed by atoms with Crippen LogP contribution in [0.2, 0.25) is 0 Å². The number of hydrogen-bond acceptors (Lipinski definition) is 3. The van der Waals surface area contributed by atoms with E-state index in [-0.39, 0.29) is 11.7 Å². The van der Waals surface area contributed by atoms with E-state index in [0.29, 0.717) is 5.13 Å². The highest BCUT2D eigenvalue weighted by atomic mass is 32.1. The Balaban J connectivity index is 2.64. The molecule has 0 spiro atoms. The van der Waals surface area contributed by atoms with Gasteiger partial charge in [-0.15, -0.1) is 11.3 Å². The Morgan fingerprint density at radius 2 is 2.17 bits per heavy atom. The molecule has 0 amide bonds. The molecule has 1 aromatic heterocycles. The summed E-state index contributed by atoms with van der Waals surface area (Å²) in [5, 5.41) is 4.88. The molecule has 0 radical (unpaired) electrons. The van der Waals surface area contributed by atoms with Crippen molar-refractivity contribution in [3.8, 4) is 0 Å². The average Bonchev–Trinajstić information content (AvgIpc) is 2.34. The zero-order chi connectivity index (χ0) is 9.14. The third-order valence-corrected chi connectivity index (χ3v) is 1.95. The summed E-state index contributed by atoms with van der Waals surface area (Å²) < 4.78 is 24.1. The number of aromatic nitrogens is 1. The molecule has 0 bridgehead atoms. The summed E-state index contributed by atoms with van der Waals surface area (Å²) in [5.41, 5.74) is -0.150. The summed E-state index contributed by atoms with van der Waals surface area (Å²) in [5.74, 6) is 0. The van der Waals surface area contributed by atoms with Crippen molar-refractivity contribution >= 4 is 16.5 Å². The van der Waals surface area contributed by atoms with Gasteiger partial charge >= 0.3 is 0 Å². The fourth-order valence-electron chi connectivity index (χ4n) is 0.700. The summed E-state index contributed by atoms with van der Waals surface area (Å²) in [6, 6.07) is 0.224. The standard InChI is InChI=1S/C7H10F2N2S/c1-4(2)10-7-11-5(3-12-7)6(8)9/h3-4,6H,1-2H3,(H,10,11). The SMILES string of the molecule is CC(C)Nc1nc(C(F)F)cs1. The fourth-order valence-corrected chi connectivity index (χ4v) is 1.55. The second-order valence-electron chi connectivity index (χ2n) is 2.68. The van der Waals surface area contributed by atoms with Crippen LogP contribution in [0.5, 0.6) is 0 Å². The second-order valence-corrected chi connectivity index (χ2v) is 3.54. The average molecular weight is 192 g/mol. The molecular weight excluding hydrogens is 182 g/mol. The van der Waals surface area contributed by atoms with Gasteiger partial charge < -0.3 is 5.32 Å². The third-order valence-electron chi connectivity index (χ3n) is 1.16. The van der Waals surface area contributed by atoms with E-state index in [4.69, 9.17) is 0 Å². The molecule has 1 N–H and O–H groups in total. The molecule has 12 heavy (non-hydrogen) atoms. The molecule has 0 saturated carbocycles. The Morgan fingerprint density at radius 1 is 1.50 bits per heavy atom. The number of anilines is 1. The molecule has 0 saturated heterocycles. The van der Waals surface area contributed by atoms with Gasteiger partial charge in [-0.1, -0.05) is 0 Å². The molecule has 0 aliphatic heterocycles. The van der Waals surface area contributed by atoms with Crippen LogP contribution >= 0.6 is 11.3 Å². The van der Waals surface area contributed by atoms with Gasteiger partial charge in [0.25, 0.3) is 6.43 Å². The normalized spacial score (nSPS) is 11.2. The minimum atomic E-state index is -2.47. The Bertz CT molecular complexity index is 247. The van der Waals surface area contributed by atoms with E-state index >= 15 is 0 Å². The van der Waals surface area contributed by atoms with Gasteiger partial charge in [-0.25, -0.2) is 13.8 Å². The van der Waals surface area contributed by atoms with Crippen molar-refractivity contribution in [3.63, 3.8) is 0 Å². The van der Waals surface area contributed by atoms with Gasteiger partial charge in [-0.3, -0.25) is 0 Å². The molecule has 0 aliphatic rings. The van der Waals surface area contributed by atoms with Crippen molar-refractivity contribution in [2.45, 2.75) is 26.3 Å². The van der Waals surface area contributed by atoms with E-state index in [2.05, 4.69) is 10.3 Å². The summed E-state index contributed by atoms with van der Waals surface area (Å²) in [6.07, 6.45) is -2.47. The highest BCUT2D eigenvalue weighted by Crippen LogP contribution is 2.24. The largest absolute Gasteiger partial charge is 0.359 e. The zero-order valence-corrected chi connectivity index (χ0v) is 7.66. The summed E-state index contributed by atoms with van der Waals surface area (Å²) >= 11 is 1.20. The Kier molecular flexibility index (Phi) is 2.97. The monoisotopic (exact) mass is 192 g/mol. The Labute approximate surface area is 73.6 Å². The van der Waals surface area contributed by atoms with Gasteiger partial charge in [-0.05, 0) is 13.8 Å². The van der Waals surface area contributed by atoms with E-state index in [9.17, 15) is 8.78 Å². The predicted octanol–water partition coefficient (Wildman–Crippen LogP) is 2.90. The molecular formula is C7H10F2N2S. The number of rotatable bonds is 3. The number of hydrogen-bond donors (Lipinski definition) is 1. The molecule has 0 atom stereocenters. The number of thiazole rings is 1. The molecule has 0 unspecified atom stereocenters. The minimum absolute atomic E-state index is 0.150. The number of nitrogens with one attached hydrogen (secondary N) is 1. The lowest BCUT2D eigenvalue weighted by molar-refractivity contribution is 0.147. The van der Waals surface area contributed by atoms with Crippen molar-refractivity contribution in [3.05, 3.63) is 11.1 Å². The lowest BCUT2D eigenvalue weighted by atomic mass is 10.4. The van der Waals surface area contributed by atoms with Crippen LogP contribution in [-0.2, 0) is 0 Å². The molecule has 0 fully saturated rings.